The van der Waals surface area contributed by atoms with Gasteiger partial charge in [-0.1, -0.05) is 0 Å². The van der Waals surface area contributed by atoms with E-state index >= 15 is 0 Å². The van der Waals surface area contributed by atoms with Crippen LogP contribution in [0.2, 0.25) is 0 Å². The van der Waals surface area contributed by atoms with Crippen molar-refractivity contribution in [3.63, 3.8) is 0 Å². The zero-order valence-electron chi connectivity index (χ0n) is 12.4. The molecule has 0 radical (unpaired) electrons. The molecule has 2 rings (SSSR count). The van der Waals surface area contributed by atoms with Crippen LogP contribution < -0.4 is 0 Å². The molecule has 1 aromatic heterocycles. The van der Waals surface area contributed by atoms with Crippen LogP contribution in [0.4, 0.5) is 0 Å². The Kier molecular flexibility index (Phi) is 3.58. The first-order valence-corrected chi connectivity index (χ1v) is 6.80. The first-order valence-electron chi connectivity index (χ1n) is 6.80. The number of aromatic nitrogens is 2. The molecule has 0 aliphatic carbocycles. The van der Waals surface area contributed by atoms with E-state index in [9.17, 15) is 14.7 Å². The molecule has 1 N–H and O–H groups in total. The summed E-state index contributed by atoms with van der Waals surface area (Å²) < 4.78 is 1.75. The molecule has 0 bridgehead atoms. The van der Waals surface area contributed by atoms with Crippen LogP contribution in [0, 0.1) is 13.8 Å². The number of rotatable bonds is 3. The number of carboxylic acid groups (broad SMARTS) is 1. The molecule has 1 fully saturated rings. The van der Waals surface area contributed by atoms with E-state index in [1.54, 1.807) is 11.6 Å². The number of likely N-dealkylation sites (tertiary alicyclic amines) is 1. The second kappa shape index (κ2) is 4.92. The van der Waals surface area contributed by atoms with Crippen LogP contribution in [0.25, 0.3) is 0 Å². The Morgan fingerprint density at radius 3 is 2.55 bits per heavy atom. The van der Waals surface area contributed by atoms with Gasteiger partial charge >= 0.3 is 5.97 Å². The van der Waals surface area contributed by atoms with Gasteiger partial charge in [0.1, 0.15) is 5.54 Å². The highest BCUT2D eigenvalue weighted by atomic mass is 16.4. The molecule has 1 saturated heterocycles. The lowest BCUT2D eigenvalue weighted by Gasteiger charge is -2.31. The molecule has 1 aromatic rings. The van der Waals surface area contributed by atoms with Gasteiger partial charge in [0.15, 0.2) is 0 Å². The minimum absolute atomic E-state index is 0.133. The van der Waals surface area contributed by atoms with Crippen molar-refractivity contribution < 1.29 is 14.7 Å². The Morgan fingerprint density at radius 2 is 2.05 bits per heavy atom. The molecule has 2 heterocycles. The summed E-state index contributed by atoms with van der Waals surface area (Å²) in [6.07, 6.45) is 1.47. The van der Waals surface area contributed by atoms with Crippen molar-refractivity contribution in [2.75, 3.05) is 6.54 Å². The predicted molar refractivity (Wildman–Crippen MR) is 73.4 cm³/mol. The van der Waals surface area contributed by atoms with Gasteiger partial charge in [-0.3, -0.25) is 9.48 Å². The summed E-state index contributed by atoms with van der Waals surface area (Å²) in [5, 5.41) is 13.7. The lowest BCUT2D eigenvalue weighted by molar-refractivity contribution is -0.155. The van der Waals surface area contributed by atoms with Gasteiger partial charge in [-0.25, -0.2) is 4.79 Å². The number of carboxylic acids is 1. The SMILES string of the molecule is Cc1nn(C)c(C)c1CC(=O)N1CCCC1(C)C(=O)O. The van der Waals surface area contributed by atoms with Gasteiger partial charge in [-0.15, -0.1) is 0 Å². The van der Waals surface area contributed by atoms with E-state index in [0.29, 0.717) is 13.0 Å². The average Bonchev–Trinajstić information content (AvgIpc) is 2.87. The zero-order chi connectivity index (χ0) is 15.1. The van der Waals surface area contributed by atoms with Crippen LogP contribution in [-0.4, -0.2) is 43.7 Å². The molecular weight excluding hydrogens is 258 g/mol. The lowest BCUT2D eigenvalue weighted by atomic mass is 9.98. The minimum Gasteiger partial charge on any atom is -0.480 e. The van der Waals surface area contributed by atoms with E-state index in [1.165, 1.54) is 4.90 Å². The number of nitrogens with zero attached hydrogens (tertiary/aromatic N) is 3. The largest absolute Gasteiger partial charge is 0.480 e. The van der Waals surface area contributed by atoms with Crippen LogP contribution >= 0.6 is 0 Å². The fourth-order valence-corrected chi connectivity index (χ4v) is 2.91. The Labute approximate surface area is 118 Å². The number of hydrogen-bond donors (Lipinski definition) is 1. The van der Waals surface area contributed by atoms with Gasteiger partial charge in [0.05, 0.1) is 12.1 Å². The smallest absolute Gasteiger partial charge is 0.329 e. The van der Waals surface area contributed by atoms with E-state index in [-0.39, 0.29) is 12.3 Å². The summed E-state index contributed by atoms with van der Waals surface area (Å²) in [6, 6.07) is 0. The second-order valence-electron chi connectivity index (χ2n) is 5.68. The quantitative estimate of drug-likeness (QED) is 0.897. The highest BCUT2D eigenvalue weighted by Crippen LogP contribution is 2.30. The normalized spacial score (nSPS) is 22.3. The van der Waals surface area contributed by atoms with Crippen LogP contribution in [0.3, 0.4) is 0 Å². The summed E-state index contributed by atoms with van der Waals surface area (Å²) in [5.74, 6) is -1.06. The first kappa shape index (κ1) is 14.6. The van der Waals surface area contributed by atoms with E-state index < -0.39 is 11.5 Å². The van der Waals surface area contributed by atoms with Crippen molar-refractivity contribution in [1.29, 1.82) is 0 Å². The molecule has 1 aliphatic heterocycles. The highest BCUT2D eigenvalue weighted by molar-refractivity contribution is 5.88. The number of aryl methyl sites for hydroxylation is 2. The zero-order valence-corrected chi connectivity index (χ0v) is 12.4. The molecule has 0 aromatic carbocycles. The van der Waals surface area contributed by atoms with Crippen molar-refractivity contribution in [2.24, 2.45) is 7.05 Å². The fraction of sp³-hybridized carbons (Fsp3) is 0.643. The van der Waals surface area contributed by atoms with E-state index in [2.05, 4.69) is 5.10 Å². The topological polar surface area (TPSA) is 75.4 Å². The monoisotopic (exact) mass is 279 g/mol. The third kappa shape index (κ3) is 2.19. The highest BCUT2D eigenvalue weighted by Gasteiger charge is 2.45. The van der Waals surface area contributed by atoms with Gasteiger partial charge < -0.3 is 10.0 Å². The van der Waals surface area contributed by atoms with Crippen molar-refractivity contribution >= 4 is 11.9 Å². The van der Waals surface area contributed by atoms with Gasteiger partial charge in [0.25, 0.3) is 0 Å². The maximum absolute atomic E-state index is 12.5. The molecule has 1 unspecified atom stereocenters. The van der Waals surface area contributed by atoms with Crippen LogP contribution in [0.15, 0.2) is 0 Å². The molecule has 20 heavy (non-hydrogen) atoms. The van der Waals surface area contributed by atoms with Crippen molar-refractivity contribution in [1.82, 2.24) is 14.7 Å². The molecular formula is C14H21N3O3. The Hall–Kier alpha value is -1.85. The molecule has 1 amide bonds. The number of amides is 1. The first-order chi connectivity index (χ1) is 9.27. The lowest BCUT2D eigenvalue weighted by Crippen LogP contribution is -2.51. The van der Waals surface area contributed by atoms with Crippen molar-refractivity contribution in [3.8, 4) is 0 Å². The van der Waals surface area contributed by atoms with Crippen LogP contribution in [0.5, 0.6) is 0 Å². The summed E-state index contributed by atoms with van der Waals surface area (Å²) in [7, 11) is 1.84. The molecule has 6 heteroatoms. The predicted octanol–water partition coefficient (Wildman–Crippen LogP) is 1.05. The third-order valence-corrected chi connectivity index (χ3v) is 4.39. The molecule has 1 atom stereocenters. The summed E-state index contributed by atoms with van der Waals surface area (Å²) >= 11 is 0. The minimum atomic E-state index is -1.07. The van der Waals surface area contributed by atoms with Gasteiger partial charge in [-0.05, 0) is 33.6 Å². The van der Waals surface area contributed by atoms with Crippen LogP contribution in [0.1, 0.15) is 36.7 Å². The Balaban J connectivity index is 2.22. The maximum Gasteiger partial charge on any atom is 0.329 e. The number of carbonyl (C=O) groups excluding carboxylic acids is 1. The number of carbonyl (C=O) groups is 2. The summed E-state index contributed by atoms with van der Waals surface area (Å²) in [4.78, 5) is 25.4. The van der Waals surface area contributed by atoms with Crippen molar-refractivity contribution in [3.05, 3.63) is 17.0 Å². The molecule has 110 valence electrons. The number of aliphatic carboxylic acids is 1. The Morgan fingerprint density at radius 1 is 1.40 bits per heavy atom. The Bertz CT molecular complexity index is 564. The molecule has 0 spiro atoms. The maximum atomic E-state index is 12.5. The summed E-state index contributed by atoms with van der Waals surface area (Å²) in [5.41, 5.74) is 1.61. The average molecular weight is 279 g/mol. The number of hydrogen-bond acceptors (Lipinski definition) is 3. The summed E-state index contributed by atoms with van der Waals surface area (Å²) in [6.45, 7) is 5.93. The standard InChI is InChI=1S/C14H21N3O3/c1-9-11(10(2)16(4)15-9)8-12(18)17-7-5-6-14(17,3)13(19)20/h5-8H2,1-4H3,(H,19,20). The van der Waals surface area contributed by atoms with Gasteiger partial charge in [-0.2, -0.15) is 5.10 Å². The van der Waals surface area contributed by atoms with Crippen molar-refractivity contribution in [2.45, 2.75) is 45.6 Å². The third-order valence-electron chi connectivity index (χ3n) is 4.39. The molecule has 1 aliphatic rings. The second-order valence-corrected chi connectivity index (χ2v) is 5.68. The molecule has 0 saturated carbocycles. The van der Waals surface area contributed by atoms with E-state index in [1.807, 2.05) is 20.9 Å². The molecule has 6 nitrogen and oxygen atoms in total. The van der Waals surface area contributed by atoms with E-state index in [0.717, 1.165) is 23.4 Å². The van der Waals surface area contributed by atoms with Gasteiger partial charge in [0, 0.05) is 24.8 Å². The van der Waals surface area contributed by atoms with E-state index in [4.69, 9.17) is 0 Å². The fourth-order valence-electron chi connectivity index (χ4n) is 2.91. The van der Waals surface area contributed by atoms with Gasteiger partial charge in [0.2, 0.25) is 5.91 Å². The van der Waals surface area contributed by atoms with Crippen LogP contribution in [-0.2, 0) is 23.1 Å².